The van der Waals surface area contributed by atoms with Gasteiger partial charge in [-0.2, -0.15) is 0 Å². The molecule has 2 N–H and O–H groups in total. The Balaban J connectivity index is 1.82. The number of thioether (sulfide) groups is 1. The number of ketones is 1. The Bertz CT molecular complexity index is 1050. The zero-order chi connectivity index (χ0) is 22.0. The Kier molecular flexibility index (Phi) is 6.51. The lowest BCUT2D eigenvalue weighted by atomic mass is 9.76. The summed E-state index contributed by atoms with van der Waals surface area (Å²) in [5, 5.41) is 3.97. The van der Waals surface area contributed by atoms with Gasteiger partial charge in [-0.25, -0.2) is 4.98 Å². The number of hydrogen-bond donors (Lipinski definition) is 2. The number of carbonyl (C=O) groups is 1. The maximum atomic E-state index is 13.2. The molecule has 2 aliphatic rings. The maximum absolute atomic E-state index is 13.2. The largest absolute Gasteiger partial charge is 0.372 e. The van der Waals surface area contributed by atoms with Crippen LogP contribution in [0.2, 0.25) is 0 Å². The molecule has 0 saturated heterocycles. The van der Waals surface area contributed by atoms with Gasteiger partial charge in [0.25, 0.3) is 5.56 Å². The summed E-state index contributed by atoms with van der Waals surface area (Å²) in [6.07, 6.45) is 3.17. The SMILES string of the molecule is CCCSc1nc2c(c(=O)[nH]1)C(c1ccc(N(CC)CC)cc1)C1=C(CCCC1=O)N2. The number of fused-ring (bicyclic) bond motifs is 1. The monoisotopic (exact) mass is 438 g/mol. The van der Waals surface area contributed by atoms with E-state index in [4.69, 9.17) is 4.98 Å². The summed E-state index contributed by atoms with van der Waals surface area (Å²) in [7, 11) is 0. The summed E-state index contributed by atoms with van der Waals surface area (Å²) >= 11 is 1.55. The van der Waals surface area contributed by atoms with Gasteiger partial charge >= 0.3 is 0 Å². The quantitative estimate of drug-likeness (QED) is 0.483. The number of hydrogen-bond acceptors (Lipinski definition) is 6. The molecule has 1 unspecified atom stereocenters. The van der Waals surface area contributed by atoms with Crippen molar-refractivity contribution in [3.05, 3.63) is 57.0 Å². The van der Waals surface area contributed by atoms with E-state index in [1.54, 1.807) is 11.8 Å². The highest BCUT2D eigenvalue weighted by atomic mass is 32.2. The van der Waals surface area contributed by atoms with Crippen LogP contribution in [0.5, 0.6) is 0 Å². The summed E-state index contributed by atoms with van der Waals surface area (Å²) < 4.78 is 0. The summed E-state index contributed by atoms with van der Waals surface area (Å²) in [5.41, 5.74) is 4.14. The van der Waals surface area contributed by atoms with Gasteiger partial charge in [0.15, 0.2) is 10.9 Å². The standard InChI is InChI=1S/C24H30N4O2S/c1-4-14-31-24-26-22-21(23(30)27-24)19(20-17(25-22)8-7-9-18(20)29)15-10-12-16(13-11-15)28(5-2)6-3/h10-13,19H,4-9,14H2,1-3H3,(H2,25,26,27,30). The molecule has 0 fully saturated rings. The van der Waals surface area contributed by atoms with E-state index in [9.17, 15) is 9.59 Å². The van der Waals surface area contributed by atoms with Crippen LogP contribution in [0.3, 0.4) is 0 Å². The van der Waals surface area contributed by atoms with Crippen LogP contribution in [-0.4, -0.2) is 34.6 Å². The minimum absolute atomic E-state index is 0.126. The van der Waals surface area contributed by atoms with Crippen LogP contribution in [0.15, 0.2) is 45.5 Å². The van der Waals surface area contributed by atoms with Crippen LogP contribution < -0.4 is 15.8 Å². The van der Waals surface area contributed by atoms with Gasteiger partial charge < -0.3 is 15.2 Å². The fraction of sp³-hybridized carbons (Fsp3) is 0.458. The van der Waals surface area contributed by atoms with Gasteiger partial charge in [0.2, 0.25) is 0 Å². The molecule has 6 nitrogen and oxygen atoms in total. The number of nitrogens with one attached hydrogen (secondary N) is 2. The van der Waals surface area contributed by atoms with Crippen LogP contribution in [-0.2, 0) is 4.79 Å². The lowest BCUT2D eigenvalue weighted by molar-refractivity contribution is -0.116. The molecular weight excluding hydrogens is 408 g/mol. The van der Waals surface area contributed by atoms with Crippen LogP contribution in [0, 0.1) is 0 Å². The van der Waals surface area contributed by atoms with E-state index >= 15 is 0 Å². The molecule has 1 aliphatic carbocycles. The molecule has 0 radical (unpaired) electrons. The molecule has 2 aromatic rings. The van der Waals surface area contributed by atoms with Gasteiger partial charge in [0.1, 0.15) is 5.82 Å². The van der Waals surface area contributed by atoms with Gasteiger partial charge in [-0.3, -0.25) is 9.59 Å². The number of carbonyl (C=O) groups excluding carboxylic acids is 1. The number of rotatable bonds is 7. The Labute approximate surface area is 187 Å². The predicted molar refractivity (Wildman–Crippen MR) is 127 cm³/mol. The summed E-state index contributed by atoms with van der Waals surface area (Å²) in [5.74, 6) is 1.23. The molecule has 0 amide bonds. The van der Waals surface area contributed by atoms with Crippen molar-refractivity contribution in [2.24, 2.45) is 0 Å². The van der Waals surface area contributed by atoms with Crippen molar-refractivity contribution in [1.82, 2.24) is 9.97 Å². The van der Waals surface area contributed by atoms with E-state index in [1.165, 1.54) is 0 Å². The summed E-state index contributed by atoms with van der Waals surface area (Å²) in [6, 6.07) is 8.29. The molecule has 4 rings (SSSR count). The van der Waals surface area contributed by atoms with Crippen molar-refractivity contribution < 1.29 is 4.79 Å². The molecule has 1 aromatic heterocycles. The highest BCUT2D eigenvalue weighted by Gasteiger charge is 2.37. The van der Waals surface area contributed by atoms with E-state index in [2.05, 4.69) is 60.2 Å². The number of H-pyrrole nitrogens is 1. The Hall–Kier alpha value is -2.54. The molecule has 164 valence electrons. The molecule has 7 heteroatoms. The molecule has 2 heterocycles. The third-order valence-corrected chi connectivity index (χ3v) is 7.11. The average Bonchev–Trinajstić information content (AvgIpc) is 2.78. The van der Waals surface area contributed by atoms with Gasteiger partial charge in [0.05, 0.1) is 5.56 Å². The van der Waals surface area contributed by atoms with Crippen molar-refractivity contribution in [3.8, 4) is 0 Å². The normalized spacial score (nSPS) is 17.8. The lowest BCUT2D eigenvalue weighted by Crippen LogP contribution is -2.32. The topological polar surface area (TPSA) is 78.1 Å². The fourth-order valence-electron chi connectivity index (χ4n) is 4.51. The molecule has 0 saturated carbocycles. The number of nitrogens with zero attached hydrogens (tertiary/aromatic N) is 2. The highest BCUT2D eigenvalue weighted by Crippen LogP contribution is 2.43. The predicted octanol–water partition coefficient (Wildman–Crippen LogP) is 4.68. The Morgan fingerprint density at radius 3 is 2.52 bits per heavy atom. The van der Waals surface area contributed by atoms with Gasteiger partial charge in [-0.1, -0.05) is 30.8 Å². The first kappa shape index (κ1) is 21.7. The van der Waals surface area contributed by atoms with E-state index in [-0.39, 0.29) is 17.3 Å². The maximum Gasteiger partial charge on any atom is 0.257 e. The molecule has 0 bridgehead atoms. The van der Waals surface area contributed by atoms with E-state index in [0.29, 0.717) is 23.0 Å². The second-order valence-electron chi connectivity index (χ2n) is 7.97. The molecule has 1 aromatic carbocycles. The first-order valence-corrected chi connectivity index (χ1v) is 12.2. The second-order valence-corrected chi connectivity index (χ2v) is 9.06. The third kappa shape index (κ3) is 4.15. The van der Waals surface area contributed by atoms with Gasteiger partial charge in [-0.05, 0) is 50.8 Å². The first-order valence-electron chi connectivity index (χ1n) is 11.2. The van der Waals surface area contributed by atoms with Crippen molar-refractivity contribution in [1.29, 1.82) is 0 Å². The Morgan fingerprint density at radius 1 is 1.10 bits per heavy atom. The number of benzene rings is 1. The van der Waals surface area contributed by atoms with Crippen molar-refractivity contribution in [2.45, 2.75) is 57.5 Å². The molecule has 1 atom stereocenters. The number of allylic oxidation sites excluding steroid dienone is 2. The zero-order valence-electron chi connectivity index (χ0n) is 18.5. The molecule has 0 spiro atoms. The van der Waals surface area contributed by atoms with E-state index in [0.717, 1.165) is 60.6 Å². The Morgan fingerprint density at radius 2 is 1.84 bits per heavy atom. The second kappa shape index (κ2) is 9.30. The fourth-order valence-corrected chi connectivity index (χ4v) is 5.23. The van der Waals surface area contributed by atoms with E-state index < -0.39 is 0 Å². The zero-order valence-corrected chi connectivity index (χ0v) is 19.3. The van der Waals surface area contributed by atoms with Crippen molar-refractivity contribution in [2.75, 3.05) is 29.1 Å². The summed E-state index contributed by atoms with van der Waals surface area (Å²) in [6.45, 7) is 8.24. The molecule has 1 aliphatic heterocycles. The third-order valence-electron chi connectivity index (χ3n) is 6.03. The number of anilines is 2. The number of aromatic nitrogens is 2. The average molecular weight is 439 g/mol. The van der Waals surface area contributed by atoms with Crippen molar-refractivity contribution >= 4 is 29.1 Å². The molecular formula is C24H30N4O2S. The first-order chi connectivity index (χ1) is 15.1. The summed E-state index contributed by atoms with van der Waals surface area (Å²) in [4.78, 5) is 36.1. The van der Waals surface area contributed by atoms with Crippen molar-refractivity contribution in [3.63, 3.8) is 0 Å². The van der Waals surface area contributed by atoms with Gasteiger partial charge in [0, 0.05) is 48.1 Å². The van der Waals surface area contributed by atoms with Gasteiger partial charge in [-0.15, -0.1) is 0 Å². The van der Waals surface area contributed by atoms with Crippen LogP contribution in [0.4, 0.5) is 11.5 Å². The minimum atomic E-state index is -0.383. The van der Waals surface area contributed by atoms with Crippen LogP contribution in [0.1, 0.15) is 63.5 Å². The number of aromatic amines is 1. The van der Waals surface area contributed by atoms with Crippen LogP contribution >= 0.6 is 11.8 Å². The lowest BCUT2D eigenvalue weighted by Gasteiger charge is -2.33. The van der Waals surface area contributed by atoms with E-state index in [1.807, 2.05) is 0 Å². The number of Topliss-reactive ketones (excluding diaryl/α,β-unsaturated/α-hetero) is 1. The van der Waals surface area contributed by atoms with Crippen LogP contribution in [0.25, 0.3) is 0 Å². The highest BCUT2D eigenvalue weighted by molar-refractivity contribution is 7.99. The smallest absolute Gasteiger partial charge is 0.257 e. The molecule has 31 heavy (non-hydrogen) atoms. The minimum Gasteiger partial charge on any atom is -0.372 e.